The number of aryl methyl sites for hydroxylation is 1. The van der Waals surface area contributed by atoms with Gasteiger partial charge < -0.3 is 10.2 Å². The van der Waals surface area contributed by atoms with Crippen molar-refractivity contribution in [2.45, 2.75) is 13.5 Å². The molecule has 1 rings (SSSR count). The van der Waals surface area contributed by atoms with Gasteiger partial charge in [-0.25, -0.2) is 0 Å². The summed E-state index contributed by atoms with van der Waals surface area (Å²) in [7, 11) is 0. The molecule has 0 unspecified atom stereocenters. The van der Waals surface area contributed by atoms with Gasteiger partial charge in [-0.2, -0.15) is 0 Å². The largest absolute Gasteiger partial charge is 0.506 e. The third kappa shape index (κ3) is 1.33. The van der Waals surface area contributed by atoms with Crippen LogP contribution < -0.4 is 0 Å². The highest BCUT2D eigenvalue weighted by Crippen LogP contribution is 2.22. The Hall–Kier alpha value is -1.09. The molecule has 0 aliphatic heterocycles. The fourth-order valence-corrected chi connectivity index (χ4v) is 0.861. The number of aromatic hydroxyl groups is 1. The second kappa shape index (κ2) is 2.88. The van der Waals surface area contributed by atoms with Gasteiger partial charge in [-0.3, -0.25) is 4.98 Å². The van der Waals surface area contributed by atoms with E-state index >= 15 is 0 Å². The molecule has 0 amide bonds. The Balaban J connectivity index is 3.29. The number of aliphatic hydroxyl groups excluding tert-OH is 1. The number of rotatable bonds is 1. The molecule has 1 radical (unpaired) electrons. The molecule has 0 bridgehead atoms. The van der Waals surface area contributed by atoms with E-state index in [2.05, 4.69) is 11.9 Å². The van der Waals surface area contributed by atoms with E-state index in [1.54, 1.807) is 6.92 Å². The van der Waals surface area contributed by atoms with Crippen LogP contribution in [0.15, 0.2) is 6.20 Å². The quantitative estimate of drug-likeness (QED) is 0.625. The van der Waals surface area contributed by atoms with Crippen molar-refractivity contribution in [1.82, 2.24) is 4.98 Å². The summed E-state index contributed by atoms with van der Waals surface area (Å²) in [6.07, 6.45) is 1.53. The first-order valence-corrected chi connectivity index (χ1v) is 3.27. The molecule has 1 aromatic rings. The molecule has 1 heterocycles. The number of hydrogen-bond donors (Lipinski definition) is 2. The van der Waals surface area contributed by atoms with Gasteiger partial charge in [0.2, 0.25) is 0 Å². The summed E-state index contributed by atoms with van der Waals surface area (Å²) in [4.78, 5) is 3.86. The van der Waals surface area contributed by atoms with Crippen LogP contribution in [0.25, 0.3) is 0 Å². The van der Waals surface area contributed by atoms with Crippen LogP contribution >= 0.6 is 0 Å². The van der Waals surface area contributed by atoms with Gasteiger partial charge in [0.05, 0.1) is 12.3 Å². The molecular weight excluding hydrogens is 142 g/mol. The molecule has 0 aliphatic rings. The molecule has 1 aromatic heterocycles. The Morgan fingerprint density at radius 2 is 2.27 bits per heavy atom. The van der Waals surface area contributed by atoms with Crippen molar-refractivity contribution in [3.63, 3.8) is 0 Å². The molecule has 59 valence electrons. The summed E-state index contributed by atoms with van der Waals surface area (Å²) in [6, 6.07) is 0. The lowest BCUT2D eigenvalue weighted by atomic mass is 10.1. The number of aliphatic hydroxyl groups is 1. The SMILES string of the molecule is [CH2]c1cnc(C)c(O)c1CO. The highest BCUT2D eigenvalue weighted by molar-refractivity contribution is 5.41. The van der Waals surface area contributed by atoms with Crippen LogP contribution in [0.3, 0.4) is 0 Å². The van der Waals surface area contributed by atoms with Gasteiger partial charge in [0, 0.05) is 11.8 Å². The lowest BCUT2D eigenvalue weighted by Crippen LogP contribution is -1.93. The number of nitrogens with zero attached hydrogens (tertiary/aromatic N) is 1. The van der Waals surface area contributed by atoms with Crippen LogP contribution in [0, 0.1) is 13.8 Å². The third-order valence-corrected chi connectivity index (χ3v) is 1.59. The Labute approximate surface area is 65.3 Å². The van der Waals surface area contributed by atoms with Gasteiger partial charge in [-0.05, 0) is 19.4 Å². The third-order valence-electron chi connectivity index (χ3n) is 1.59. The van der Waals surface area contributed by atoms with Gasteiger partial charge in [0.1, 0.15) is 5.75 Å². The molecule has 11 heavy (non-hydrogen) atoms. The minimum absolute atomic E-state index is 0.0417. The Bertz CT molecular complexity index is 271. The topological polar surface area (TPSA) is 53.4 Å². The van der Waals surface area contributed by atoms with Crippen molar-refractivity contribution >= 4 is 0 Å². The zero-order valence-electron chi connectivity index (χ0n) is 6.33. The van der Waals surface area contributed by atoms with E-state index in [1.807, 2.05) is 0 Å². The summed E-state index contributed by atoms with van der Waals surface area (Å²) in [5.74, 6) is 0.0417. The van der Waals surface area contributed by atoms with E-state index in [9.17, 15) is 5.11 Å². The first kappa shape index (κ1) is 8.01. The van der Waals surface area contributed by atoms with Gasteiger partial charge in [0.15, 0.2) is 0 Å². The van der Waals surface area contributed by atoms with E-state index in [4.69, 9.17) is 5.11 Å². The predicted molar refractivity (Wildman–Crippen MR) is 41.0 cm³/mol. The van der Waals surface area contributed by atoms with Crippen molar-refractivity contribution in [2.75, 3.05) is 0 Å². The van der Waals surface area contributed by atoms with Crippen molar-refractivity contribution in [3.8, 4) is 5.75 Å². The standard InChI is InChI=1S/C8H10NO2/c1-5-3-9-6(2)8(11)7(5)4-10/h3,10-11H,1,4H2,2H3. The first-order chi connectivity index (χ1) is 5.16. The molecule has 3 nitrogen and oxygen atoms in total. The molecule has 3 heteroatoms. The monoisotopic (exact) mass is 152 g/mol. The average molecular weight is 152 g/mol. The Kier molecular flexibility index (Phi) is 2.10. The average Bonchev–Trinajstić information content (AvgIpc) is 1.99. The summed E-state index contributed by atoms with van der Waals surface area (Å²) in [6.45, 7) is 5.08. The second-order valence-electron chi connectivity index (χ2n) is 2.35. The van der Waals surface area contributed by atoms with Crippen LogP contribution in [-0.2, 0) is 6.61 Å². The molecule has 0 atom stereocenters. The highest BCUT2D eigenvalue weighted by Gasteiger charge is 2.06. The van der Waals surface area contributed by atoms with Crippen molar-refractivity contribution in [2.24, 2.45) is 0 Å². The van der Waals surface area contributed by atoms with Crippen LogP contribution in [0.5, 0.6) is 5.75 Å². The molecule has 0 aromatic carbocycles. The molecule has 0 spiro atoms. The van der Waals surface area contributed by atoms with Gasteiger partial charge in [0.25, 0.3) is 0 Å². The lowest BCUT2D eigenvalue weighted by Gasteiger charge is -2.05. The van der Waals surface area contributed by atoms with Gasteiger partial charge in [-0.15, -0.1) is 0 Å². The summed E-state index contributed by atoms with van der Waals surface area (Å²) < 4.78 is 0. The molecule has 2 N–H and O–H groups in total. The number of pyridine rings is 1. The fourth-order valence-electron chi connectivity index (χ4n) is 0.861. The second-order valence-corrected chi connectivity index (χ2v) is 2.35. The first-order valence-electron chi connectivity index (χ1n) is 3.27. The molecule has 0 saturated heterocycles. The van der Waals surface area contributed by atoms with Crippen molar-refractivity contribution in [3.05, 3.63) is 29.9 Å². The molecule has 0 aliphatic carbocycles. The zero-order valence-corrected chi connectivity index (χ0v) is 6.33. The van der Waals surface area contributed by atoms with E-state index in [0.29, 0.717) is 16.8 Å². The van der Waals surface area contributed by atoms with Crippen molar-refractivity contribution in [1.29, 1.82) is 0 Å². The molecule has 0 fully saturated rings. The van der Waals surface area contributed by atoms with E-state index in [1.165, 1.54) is 6.20 Å². The highest BCUT2D eigenvalue weighted by atomic mass is 16.3. The van der Waals surface area contributed by atoms with E-state index in [0.717, 1.165) is 0 Å². The number of hydrogen-bond acceptors (Lipinski definition) is 3. The predicted octanol–water partition coefficient (Wildman–Crippen LogP) is 0.770. The van der Waals surface area contributed by atoms with E-state index < -0.39 is 0 Å². The van der Waals surface area contributed by atoms with Crippen LogP contribution in [0.2, 0.25) is 0 Å². The lowest BCUT2D eigenvalue weighted by molar-refractivity contribution is 0.274. The minimum Gasteiger partial charge on any atom is -0.506 e. The fraction of sp³-hybridized carbons (Fsp3) is 0.250. The molecular formula is C8H10NO2. The normalized spacial score (nSPS) is 10.1. The van der Waals surface area contributed by atoms with Gasteiger partial charge in [-0.1, -0.05) is 0 Å². The summed E-state index contributed by atoms with van der Waals surface area (Å²) >= 11 is 0. The maximum atomic E-state index is 9.32. The number of aromatic nitrogens is 1. The Morgan fingerprint density at radius 3 is 2.73 bits per heavy atom. The maximum absolute atomic E-state index is 9.32. The summed E-state index contributed by atoms with van der Waals surface area (Å²) in [5, 5.41) is 18.1. The van der Waals surface area contributed by atoms with Crippen LogP contribution in [0.1, 0.15) is 16.8 Å². The smallest absolute Gasteiger partial charge is 0.142 e. The van der Waals surface area contributed by atoms with E-state index in [-0.39, 0.29) is 12.4 Å². The van der Waals surface area contributed by atoms with Gasteiger partial charge >= 0.3 is 0 Å². The Morgan fingerprint density at radius 1 is 1.64 bits per heavy atom. The minimum atomic E-state index is -0.200. The van der Waals surface area contributed by atoms with Crippen LogP contribution in [0.4, 0.5) is 0 Å². The maximum Gasteiger partial charge on any atom is 0.142 e. The molecule has 0 saturated carbocycles. The zero-order chi connectivity index (χ0) is 8.43. The van der Waals surface area contributed by atoms with Crippen LogP contribution in [-0.4, -0.2) is 15.2 Å². The summed E-state index contributed by atoms with van der Waals surface area (Å²) in [5.41, 5.74) is 1.54. The van der Waals surface area contributed by atoms with Crippen molar-refractivity contribution < 1.29 is 10.2 Å².